The van der Waals surface area contributed by atoms with Gasteiger partial charge in [-0.15, -0.1) is 0 Å². The minimum atomic E-state index is -0.473. The third kappa shape index (κ3) is 3.92. The number of pyridine rings is 2. The molecule has 8 heteroatoms. The Labute approximate surface area is 204 Å². The summed E-state index contributed by atoms with van der Waals surface area (Å²) in [4.78, 5) is 33.7. The Morgan fingerprint density at radius 3 is 2.66 bits per heavy atom. The van der Waals surface area contributed by atoms with Crippen LogP contribution in [0, 0.1) is 11.8 Å². The Morgan fingerprint density at radius 2 is 1.94 bits per heavy atom. The van der Waals surface area contributed by atoms with Crippen LogP contribution in [-0.4, -0.2) is 51.8 Å². The van der Waals surface area contributed by atoms with Crippen molar-refractivity contribution in [3.63, 3.8) is 0 Å². The summed E-state index contributed by atoms with van der Waals surface area (Å²) >= 11 is 0. The van der Waals surface area contributed by atoms with Crippen molar-refractivity contribution in [1.82, 2.24) is 19.8 Å². The first-order valence-corrected chi connectivity index (χ1v) is 12.0. The molecule has 0 radical (unpaired) electrons. The molecule has 0 aliphatic carbocycles. The lowest BCUT2D eigenvalue weighted by atomic mass is 9.86. The number of fused-ring (bicyclic) bond motifs is 4. The molecule has 1 amide bonds. The number of hydrogen-bond donors (Lipinski definition) is 2. The number of carbonyl (C=O) groups is 1. The van der Waals surface area contributed by atoms with E-state index in [9.17, 15) is 14.7 Å². The molecule has 3 aromatic rings. The lowest BCUT2D eigenvalue weighted by Gasteiger charge is -2.37. The van der Waals surface area contributed by atoms with Gasteiger partial charge < -0.3 is 19.7 Å². The van der Waals surface area contributed by atoms with Gasteiger partial charge >= 0.3 is 0 Å². The summed E-state index contributed by atoms with van der Waals surface area (Å²) in [5.74, 6) is -0.244. The van der Waals surface area contributed by atoms with E-state index < -0.39 is 5.92 Å². The zero-order valence-electron chi connectivity index (χ0n) is 19.9. The van der Waals surface area contributed by atoms with Gasteiger partial charge in [0.2, 0.25) is 5.91 Å². The highest BCUT2D eigenvalue weighted by Gasteiger charge is 2.55. The number of rotatable bonds is 7. The maximum Gasteiger partial charge on any atom is 0.258 e. The molecule has 0 unspecified atom stereocenters. The maximum atomic E-state index is 13.7. The quantitative estimate of drug-likeness (QED) is 0.545. The number of ether oxygens (including phenoxy) is 1. The third-order valence-electron chi connectivity index (χ3n) is 7.41. The van der Waals surface area contributed by atoms with Crippen molar-refractivity contribution in [2.24, 2.45) is 11.8 Å². The molecule has 2 N–H and O–H groups in total. The fraction of sp³-hybridized carbons (Fsp3) is 0.370. The van der Waals surface area contributed by atoms with Gasteiger partial charge in [-0.25, -0.2) is 0 Å². The summed E-state index contributed by atoms with van der Waals surface area (Å²) in [6, 6.07) is 16.4. The SMILES string of the molecule is CCN1[C@@H]2c3ccc(-c4ccccc4OC)c(=O)n3C[C@H]1[C@H](CO)[C@H]2C(=O)NCc1ccccn1. The van der Waals surface area contributed by atoms with Gasteiger partial charge in [-0.05, 0) is 36.9 Å². The minimum Gasteiger partial charge on any atom is -0.496 e. The number of aliphatic hydroxyl groups is 1. The number of benzene rings is 1. The van der Waals surface area contributed by atoms with Gasteiger partial charge in [0.1, 0.15) is 5.75 Å². The molecule has 4 heterocycles. The van der Waals surface area contributed by atoms with E-state index in [1.54, 1.807) is 17.9 Å². The van der Waals surface area contributed by atoms with Crippen LogP contribution >= 0.6 is 0 Å². The number of amides is 1. The fourth-order valence-electron chi connectivity index (χ4n) is 5.83. The van der Waals surface area contributed by atoms with E-state index >= 15 is 0 Å². The van der Waals surface area contributed by atoms with Crippen molar-refractivity contribution in [1.29, 1.82) is 0 Å². The molecule has 0 saturated carbocycles. The molecular weight excluding hydrogens is 444 g/mol. The van der Waals surface area contributed by atoms with Crippen LogP contribution in [-0.2, 0) is 17.9 Å². The number of hydrogen-bond acceptors (Lipinski definition) is 6. The predicted molar refractivity (Wildman–Crippen MR) is 132 cm³/mol. The van der Waals surface area contributed by atoms with Crippen LogP contribution in [0.15, 0.2) is 65.6 Å². The highest BCUT2D eigenvalue weighted by atomic mass is 16.5. The lowest BCUT2D eigenvalue weighted by Crippen LogP contribution is -2.46. The van der Waals surface area contributed by atoms with Crippen molar-refractivity contribution < 1.29 is 14.6 Å². The van der Waals surface area contributed by atoms with E-state index in [2.05, 4.69) is 22.1 Å². The number of carbonyl (C=O) groups excluding carboxylic acids is 1. The lowest BCUT2D eigenvalue weighted by molar-refractivity contribution is -0.127. The first kappa shape index (κ1) is 23.3. The van der Waals surface area contributed by atoms with Crippen molar-refractivity contribution in [2.75, 3.05) is 20.3 Å². The van der Waals surface area contributed by atoms with Crippen LogP contribution in [0.1, 0.15) is 24.4 Å². The molecule has 1 aromatic carbocycles. The summed E-state index contributed by atoms with van der Waals surface area (Å²) in [5, 5.41) is 13.4. The number of para-hydroxylation sites is 1. The first-order valence-electron chi connectivity index (χ1n) is 12.0. The maximum absolute atomic E-state index is 13.7. The molecule has 2 aliphatic rings. The Hall–Kier alpha value is -3.49. The van der Waals surface area contributed by atoms with Crippen LogP contribution in [0.3, 0.4) is 0 Å². The van der Waals surface area contributed by atoms with Crippen LogP contribution in [0.4, 0.5) is 0 Å². The van der Waals surface area contributed by atoms with E-state index in [1.165, 1.54) is 0 Å². The van der Waals surface area contributed by atoms with Gasteiger partial charge in [-0.3, -0.25) is 19.5 Å². The second-order valence-electron chi connectivity index (χ2n) is 9.04. The van der Waals surface area contributed by atoms with Crippen molar-refractivity contribution >= 4 is 5.91 Å². The van der Waals surface area contributed by atoms with Gasteiger partial charge in [-0.1, -0.05) is 31.2 Å². The monoisotopic (exact) mass is 474 g/mol. The Bertz CT molecular complexity index is 1280. The highest BCUT2D eigenvalue weighted by molar-refractivity contribution is 5.81. The van der Waals surface area contributed by atoms with Crippen molar-refractivity contribution in [2.45, 2.75) is 32.1 Å². The number of aromatic nitrogens is 2. The van der Waals surface area contributed by atoms with Gasteiger partial charge in [0.25, 0.3) is 5.56 Å². The van der Waals surface area contributed by atoms with Crippen LogP contribution in [0.2, 0.25) is 0 Å². The van der Waals surface area contributed by atoms with Gasteiger partial charge in [0.15, 0.2) is 0 Å². The average Bonchev–Trinajstić information content (AvgIpc) is 3.13. The van der Waals surface area contributed by atoms with Crippen LogP contribution < -0.4 is 15.6 Å². The summed E-state index contributed by atoms with van der Waals surface area (Å²) < 4.78 is 7.28. The molecule has 0 spiro atoms. The Balaban J connectivity index is 1.53. The zero-order chi connectivity index (χ0) is 24.5. The van der Waals surface area contributed by atoms with E-state index in [1.807, 2.05) is 54.6 Å². The smallest absolute Gasteiger partial charge is 0.258 e. The fourth-order valence-corrected chi connectivity index (χ4v) is 5.83. The van der Waals surface area contributed by atoms with E-state index in [0.717, 1.165) is 23.5 Å². The predicted octanol–water partition coefficient (Wildman–Crippen LogP) is 2.22. The standard InChI is InChI=1S/C27H30N4O4/c1-3-30-22-15-31-21(12-11-19(27(31)34)18-9-4-5-10-23(18)35-2)25(30)24(20(22)16-32)26(33)29-14-17-8-6-7-13-28-17/h4-13,20,22,24-25,32H,3,14-16H2,1-2H3,(H,29,33)/t20-,22-,24+,25+/m0/s1. The zero-order valence-corrected chi connectivity index (χ0v) is 19.9. The van der Waals surface area contributed by atoms with Crippen molar-refractivity contribution in [3.8, 4) is 16.9 Å². The summed E-state index contributed by atoms with van der Waals surface area (Å²) in [5.41, 5.74) is 2.77. The van der Waals surface area contributed by atoms with Crippen LogP contribution in [0.5, 0.6) is 5.75 Å². The minimum absolute atomic E-state index is 0.107. The second-order valence-corrected chi connectivity index (χ2v) is 9.04. The molecule has 2 bridgehead atoms. The van der Waals surface area contributed by atoms with E-state index in [0.29, 0.717) is 24.4 Å². The molecule has 2 aliphatic heterocycles. The molecule has 1 fully saturated rings. The Morgan fingerprint density at radius 1 is 1.14 bits per heavy atom. The molecule has 5 rings (SSSR count). The van der Waals surface area contributed by atoms with Gasteiger partial charge in [0.05, 0.1) is 36.9 Å². The van der Waals surface area contributed by atoms with E-state index in [4.69, 9.17) is 4.74 Å². The van der Waals surface area contributed by atoms with Gasteiger partial charge in [0, 0.05) is 42.6 Å². The number of methoxy groups -OCH3 is 1. The van der Waals surface area contributed by atoms with Crippen molar-refractivity contribution in [3.05, 3.63) is 82.5 Å². The average molecular weight is 475 g/mol. The van der Waals surface area contributed by atoms with Crippen LogP contribution in [0.25, 0.3) is 11.1 Å². The molecule has 2 aromatic heterocycles. The molecule has 4 atom stereocenters. The topological polar surface area (TPSA) is 96.7 Å². The largest absolute Gasteiger partial charge is 0.496 e. The second kappa shape index (κ2) is 9.64. The number of aliphatic hydroxyl groups excluding tert-OH is 1. The first-order chi connectivity index (χ1) is 17.1. The number of likely N-dealkylation sites (N-methyl/N-ethyl adjacent to an activating group) is 1. The number of nitrogens with zero attached hydrogens (tertiary/aromatic N) is 3. The molecule has 182 valence electrons. The van der Waals surface area contributed by atoms with Gasteiger partial charge in [-0.2, -0.15) is 0 Å². The molecular formula is C27H30N4O4. The molecule has 1 saturated heterocycles. The third-order valence-corrected chi connectivity index (χ3v) is 7.41. The summed E-state index contributed by atoms with van der Waals surface area (Å²) in [7, 11) is 1.59. The summed E-state index contributed by atoms with van der Waals surface area (Å²) in [6.45, 7) is 3.40. The molecule has 8 nitrogen and oxygen atoms in total. The number of nitrogens with one attached hydrogen (secondary N) is 1. The normalized spacial score (nSPS) is 23.1. The Kier molecular flexibility index (Phi) is 6.40. The van der Waals surface area contributed by atoms with E-state index in [-0.39, 0.29) is 36.1 Å². The highest BCUT2D eigenvalue weighted by Crippen LogP contribution is 2.48. The summed E-state index contributed by atoms with van der Waals surface area (Å²) in [6.07, 6.45) is 1.70. The molecule has 35 heavy (non-hydrogen) atoms.